The first-order chi connectivity index (χ1) is 14.5. The second-order valence-corrected chi connectivity index (χ2v) is 8.78. The van der Waals surface area contributed by atoms with Crippen molar-refractivity contribution < 1.29 is 24.1 Å². The van der Waals surface area contributed by atoms with Crippen molar-refractivity contribution in [1.82, 2.24) is 15.5 Å². The van der Waals surface area contributed by atoms with Gasteiger partial charge in [-0.05, 0) is 35.5 Å². The highest BCUT2D eigenvalue weighted by Gasteiger charge is 2.34. The maximum absolute atomic E-state index is 12.5. The molecule has 4 amide bonds. The van der Waals surface area contributed by atoms with E-state index in [9.17, 15) is 29.3 Å². The number of nitro benzene ring substituents is 1. The van der Waals surface area contributed by atoms with E-state index in [4.69, 9.17) is 0 Å². The second-order valence-electron chi connectivity index (χ2n) is 7.79. The normalized spacial score (nSPS) is 15.3. The molecule has 1 heterocycles. The minimum absolute atomic E-state index is 0.0162. The van der Waals surface area contributed by atoms with Gasteiger partial charge in [0.25, 0.3) is 16.8 Å². The molecular formula is C20H24N4O6S. The molecule has 1 fully saturated rings. The third-order valence-electron chi connectivity index (χ3n) is 4.25. The SMILES string of the molecule is CC(C)(C)C(=O)NCCC(=O)NCCN1C(=O)SC(=Cc2ccc([N+](=O)[O-])cc2)C1=O. The second kappa shape index (κ2) is 10.2. The molecule has 0 bridgehead atoms. The lowest BCUT2D eigenvalue weighted by Gasteiger charge is -2.17. The maximum Gasteiger partial charge on any atom is 0.293 e. The first-order valence-corrected chi connectivity index (χ1v) is 10.4. The highest BCUT2D eigenvalue weighted by molar-refractivity contribution is 8.18. The summed E-state index contributed by atoms with van der Waals surface area (Å²) < 4.78 is 0. The lowest BCUT2D eigenvalue weighted by Crippen LogP contribution is -2.39. The van der Waals surface area contributed by atoms with Crippen molar-refractivity contribution in [2.45, 2.75) is 27.2 Å². The molecule has 10 nitrogen and oxygen atoms in total. The average molecular weight is 449 g/mol. The average Bonchev–Trinajstić information content (AvgIpc) is 2.95. The minimum atomic E-state index is -0.537. The van der Waals surface area contributed by atoms with Crippen molar-refractivity contribution >= 4 is 46.5 Å². The van der Waals surface area contributed by atoms with E-state index < -0.39 is 21.5 Å². The largest absolute Gasteiger partial charge is 0.355 e. The molecule has 1 aliphatic rings. The predicted molar refractivity (Wildman–Crippen MR) is 116 cm³/mol. The van der Waals surface area contributed by atoms with Crippen molar-refractivity contribution in [2.75, 3.05) is 19.6 Å². The number of nitrogens with zero attached hydrogens (tertiary/aromatic N) is 2. The van der Waals surface area contributed by atoms with Crippen LogP contribution in [0.2, 0.25) is 0 Å². The fourth-order valence-corrected chi connectivity index (χ4v) is 3.35. The Balaban J connectivity index is 1.82. The first kappa shape index (κ1) is 24.1. The summed E-state index contributed by atoms with van der Waals surface area (Å²) in [5.41, 5.74) is -0.0507. The van der Waals surface area contributed by atoms with Crippen LogP contribution in [0, 0.1) is 15.5 Å². The van der Waals surface area contributed by atoms with E-state index in [-0.39, 0.29) is 48.5 Å². The molecule has 0 aromatic heterocycles. The van der Waals surface area contributed by atoms with Gasteiger partial charge in [0.05, 0.1) is 9.83 Å². The summed E-state index contributed by atoms with van der Waals surface area (Å²) in [4.78, 5) is 59.6. The highest BCUT2D eigenvalue weighted by Crippen LogP contribution is 2.32. The van der Waals surface area contributed by atoms with Crippen LogP contribution in [-0.4, -0.2) is 52.4 Å². The summed E-state index contributed by atoms with van der Waals surface area (Å²) in [5.74, 6) is -0.944. The number of hydrogen-bond donors (Lipinski definition) is 2. The molecule has 0 unspecified atom stereocenters. The van der Waals surface area contributed by atoms with Crippen LogP contribution in [0.25, 0.3) is 6.08 Å². The quantitative estimate of drug-likeness (QED) is 0.353. The highest BCUT2D eigenvalue weighted by atomic mass is 32.2. The zero-order chi connectivity index (χ0) is 23.2. The summed E-state index contributed by atoms with van der Waals surface area (Å²) in [6.45, 7) is 5.62. The molecule has 0 aliphatic carbocycles. The van der Waals surface area contributed by atoms with Crippen LogP contribution in [0.1, 0.15) is 32.8 Å². The number of amides is 4. The Morgan fingerprint density at radius 1 is 1.13 bits per heavy atom. The number of nitrogens with one attached hydrogen (secondary N) is 2. The van der Waals surface area contributed by atoms with Crippen LogP contribution in [0.15, 0.2) is 29.2 Å². The number of hydrogen-bond acceptors (Lipinski definition) is 7. The van der Waals surface area contributed by atoms with E-state index in [0.29, 0.717) is 5.56 Å². The van der Waals surface area contributed by atoms with Crippen LogP contribution in [-0.2, 0) is 14.4 Å². The summed E-state index contributed by atoms with van der Waals surface area (Å²) in [7, 11) is 0. The maximum atomic E-state index is 12.5. The number of imide groups is 1. The van der Waals surface area contributed by atoms with Crippen LogP contribution in [0.5, 0.6) is 0 Å². The summed E-state index contributed by atoms with van der Waals surface area (Å²) >= 11 is 0.770. The third-order valence-corrected chi connectivity index (χ3v) is 5.16. The van der Waals surface area contributed by atoms with Crippen LogP contribution < -0.4 is 10.6 Å². The molecule has 31 heavy (non-hydrogen) atoms. The van der Waals surface area contributed by atoms with Crippen LogP contribution in [0.3, 0.4) is 0 Å². The van der Waals surface area contributed by atoms with Gasteiger partial charge in [-0.25, -0.2) is 0 Å². The number of rotatable bonds is 8. The molecule has 1 saturated heterocycles. The Morgan fingerprint density at radius 3 is 2.35 bits per heavy atom. The predicted octanol–water partition coefficient (Wildman–Crippen LogP) is 2.30. The van der Waals surface area contributed by atoms with Gasteiger partial charge in [-0.15, -0.1) is 0 Å². The summed E-state index contributed by atoms with van der Waals surface area (Å²) in [6, 6.07) is 5.61. The number of nitro groups is 1. The van der Waals surface area contributed by atoms with E-state index >= 15 is 0 Å². The fraction of sp³-hybridized carbons (Fsp3) is 0.400. The van der Waals surface area contributed by atoms with Gasteiger partial charge in [0.15, 0.2) is 0 Å². The van der Waals surface area contributed by atoms with Gasteiger partial charge in [0, 0.05) is 43.6 Å². The molecule has 0 saturated carbocycles. The van der Waals surface area contributed by atoms with Crippen molar-refractivity contribution in [3.63, 3.8) is 0 Å². The van der Waals surface area contributed by atoms with Gasteiger partial charge in [-0.2, -0.15) is 0 Å². The number of benzene rings is 1. The van der Waals surface area contributed by atoms with E-state index in [1.807, 2.05) is 0 Å². The zero-order valence-electron chi connectivity index (χ0n) is 17.5. The molecule has 2 rings (SSSR count). The van der Waals surface area contributed by atoms with Gasteiger partial charge in [0.2, 0.25) is 11.8 Å². The standard InChI is InChI=1S/C20H24N4O6S/c1-20(2,3)18(27)22-9-8-16(25)21-10-11-23-17(26)15(31-19(23)28)12-13-4-6-14(7-5-13)24(29)30/h4-7,12H,8-11H2,1-3H3,(H,21,25)(H,22,27). The zero-order valence-corrected chi connectivity index (χ0v) is 18.3. The Hall–Kier alpha value is -3.21. The van der Waals surface area contributed by atoms with Crippen molar-refractivity contribution in [3.05, 3.63) is 44.8 Å². The van der Waals surface area contributed by atoms with E-state index in [1.165, 1.54) is 30.3 Å². The van der Waals surface area contributed by atoms with Gasteiger partial charge in [-0.3, -0.25) is 34.2 Å². The summed E-state index contributed by atoms with van der Waals surface area (Å²) in [6.07, 6.45) is 1.58. The van der Waals surface area contributed by atoms with Gasteiger partial charge in [0.1, 0.15) is 0 Å². The molecule has 11 heteroatoms. The first-order valence-electron chi connectivity index (χ1n) is 9.54. The molecule has 0 radical (unpaired) electrons. The smallest absolute Gasteiger partial charge is 0.293 e. The monoisotopic (exact) mass is 448 g/mol. The Morgan fingerprint density at radius 2 is 1.77 bits per heavy atom. The van der Waals surface area contributed by atoms with Crippen molar-refractivity contribution in [3.8, 4) is 0 Å². The lowest BCUT2D eigenvalue weighted by atomic mass is 9.96. The molecule has 0 atom stereocenters. The molecule has 1 aromatic carbocycles. The summed E-state index contributed by atoms with van der Waals surface area (Å²) in [5, 5.41) is 15.5. The van der Waals surface area contributed by atoms with E-state index in [2.05, 4.69) is 10.6 Å². The lowest BCUT2D eigenvalue weighted by molar-refractivity contribution is -0.384. The third kappa shape index (κ3) is 6.92. The van der Waals surface area contributed by atoms with Crippen molar-refractivity contribution in [2.24, 2.45) is 5.41 Å². The molecular weight excluding hydrogens is 424 g/mol. The Labute approximate surface area is 183 Å². The number of carbonyl (C=O) groups is 4. The van der Waals surface area contributed by atoms with Gasteiger partial charge in [-0.1, -0.05) is 20.8 Å². The van der Waals surface area contributed by atoms with E-state index in [1.54, 1.807) is 20.8 Å². The topological polar surface area (TPSA) is 139 Å². The molecule has 1 aliphatic heterocycles. The Kier molecular flexibility index (Phi) is 7.92. The molecule has 2 N–H and O–H groups in total. The minimum Gasteiger partial charge on any atom is -0.355 e. The van der Waals surface area contributed by atoms with Crippen molar-refractivity contribution in [1.29, 1.82) is 0 Å². The Bertz CT molecular complexity index is 921. The van der Waals surface area contributed by atoms with Crippen LogP contribution >= 0.6 is 11.8 Å². The molecule has 0 spiro atoms. The number of non-ortho nitro benzene ring substituents is 1. The van der Waals surface area contributed by atoms with Gasteiger partial charge < -0.3 is 10.6 Å². The number of thioether (sulfide) groups is 1. The fourth-order valence-electron chi connectivity index (χ4n) is 2.49. The molecule has 1 aromatic rings. The molecule has 166 valence electrons. The van der Waals surface area contributed by atoms with E-state index in [0.717, 1.165) is 16.7 Å². The number of carbonyl (C=O) groups excluding carboxylic acids is 4. The van der Waals surface area contributed by atoms with Gasteiger partial charge >= 0.3 is 0 Å². The van der Waals surface area contributed by atoms with Crippen LogP contribution in [0.4, 0.5) is 10.5 Å².